The van der Waals surface area contributed by atoms with Crippen molar-refractivity contribution in [1.29, 1.82) is 0 Å². The minimum Gasteiger partial charge on any atom is -0.493 e. The minimum atomic E-state index is -0.154. The number of rotatable bonds is 6. The molecule has 0 aliphatic rings. The molecule has 1 aromatic heterocycles. The first-order valence-electron chi connectivity index (χ1n) is 8.38. The SMILES string of the molecule is COc1ccc(-c2nc3ccccc3c(=O)[nH]2)cc1OCCC(C)C. The fourth-order valence-corrected chi connectivity index (χ4v) is 2.56. The van der Waals surface area contributed by atoms with Crippen molar-refractivity contribution in [2.75, 3.05) is 13.7 Å². The maximum absolute atomic E-state index is 12.3. The van der Waals surface area contributed by atoms with Crippen molar-refractivity contribution in [2.45, 2.75) is 20.3 Å². The highest BCUT2D eigenvalue weighted by Gasteiger charge is 2.11. The van der Waals surface area contributed by atoms with Crippen LogP contribution in [0.15, 0.2) is 47.3 Å². The molecule has 0 saturated heterocycles. The maximum atomic E-state index is 12.3. The molecule has 5 nitrogen and oxygen atoms in total. The maximum Gasteiger partial charge on any atom is 0.259 e. The number of nitrogens with zero attached hydrogens (tertiary/aromatic N) is 1. The number of benzene rings is 2. The second-order valence-corrected chi connectivity index (χ2v) is 6.33. The normalized spacial score (nSPS) is 11.0. The van der Waals surface area contributed by atoms with Gasteiger partial charge in [-0.3, -0.25) is 4.79 Å². The summed E-state index contributed by atoms with van der Waals surface area (Å²) in [5, 5.41) is 0.577. The second-order valence-electron chi connectivity index (χ2n) is 6.33. The third-order valence-electron chi connectivity index (χ3n) is 4.00. The molecule has 0 saturated carbocycles. The van der Waals surface area contributed by atoms with Gasteiger partial charge in [-0.15, -0.1) is 0 Å². The van der Waals surface area contributed by atoms with Gasteiger partial charge in [0.1, 0.15) is 5.82 Å². The highest BCUT2D eigenvalue weighted by Crippen LogP contribution is 2.31. The topological polar surface area (TPSA) is 64.2 Å². The van der Waals surface area contributed by atoms with Crippen LogP contribution in [0.4, 0.5) is 0 Å². The number of para-hydroxylation sites is 1. The molecular weight excluding hydrogens is 316 g/mol. The van der Waals surface area contributed by atoms with Crippen molar-refractivity contribution in [3.8, 4) is 22.9 Å². The molecule has 0 amide bonds. The van der Waals surface area contributed by atoms with Crippen molar-refractivity contribution >= 4 is 10.9 Å². The fraction of sp³-hybridized carbons (Fsp3) is 0.300. The Hall–Kier alpha value is -2.82. The average molecular weight is 338 g/mol. The van der Waals surface area contributed by atoms with E-state index in [1.54, 1.807) is 13.2 Å². The third-order valence-corrected chi connectivity index (χ3v) is 4.00. The molecule has 3 aromatic rings. The zero-order valence-corrected chi connectivity index (χ0v) is 14.7. The van der Waals surface area contributed by atoms with Gasteiger partial charge in [-0.25, -0.2) is 4.98 Å². The Bertz CT molecular complexity index is 932. The molecule has 1 N–H and O–H groups in total. The van der Waals surface area contributed by atoms with Gasteiger partial charge in [0.25, 0.3) is 5.56 Å². The van der Waals surface area contributed by atoms with E-state index < -0.39 is 0 Å². The van der Waals surface area contributed by atoms with Gasteiger partial charge >= 0.3 is 0 Å². The van der Waals surface area contributed by atoms with Gasteiger partial charge < -0.3 is 14.5 Å². The summed E-state index contributed by atoms with van der Waals surface area (Å²) in [5.41, 5.74) is 1.29. The molecule has 3 rings (SSSR count). The van der Waals surface area contributed by atoms with Gasteiger partial charge in [-0.05, 0) is 42.7 Å². The van der Waals surface area contributed by atoms with Gasteiger partial charge in [0, 0.05) is 5.56 Å². The molecule has 0 radical (unpaired) electrons. The van der Waals surface area contributed by atoms with E-state index >= 15 is 0 Å². The zero-order valence-electron chi connectivity index (χ0n) is 14.7. The van der Waals surface area contributed by atoms with Crippen LogP contribution in [0.5, 0.6) is 11.5 Å². The van der Waals surface area contributed by atoms with Crippen molar-refractivity contribution in [2.24, 2.45) is 5.92 Å². The van der Waals surface area contributed by atoms with E-state index in [1.807, 2.05) is 36.4 Å². The van der Waals surface area contributed by atoms with E-state index in [4.69, 9.17) is 9.47 Å². The summed E-state index contributed by atoms with van der Waals surface area (Å²) in [7, 11) is 1.61. The molecule has 0 spiro atoms. The molecule has 0 fully saturated rings. The first kappa shape index (κ1) is 17.0. The molecular formula is C20H22N2O3. The van der Waals surface area contributed by atoms with E-state index in [-0.39, 0.29) is 5.56 Å². The molecule has 0 aliphatic heterocycles. The number of methoxy groups -OCH3 is 1. The minimum absolute atomic E-state index is 0.154. The molecule has 0 atom stereocenters. The van der Waals surface area contributed by atoms with Crippen LogP contribution >= 0.6 is 0 Å². The highest BCUT2D eigenvalue weighted by atomic mass is 16.5. The van der Waals surface area contributed by atoms with E-state index in [0.717, 1.165) is 12.0 Å². The summed E-state index contributed by atoms with van der Waals surface area (Å²) in [6, 6.07) is 12.8. The summed E-state index contributed by atoms with van der Waals surface area (Å²) < 4.78 is 11.2. The summed E-state index contributed by atoms with van der Waals surface area (Å²) in [4.78, 5) is 19.7. The lowest BCUT2D eigenvalue weighted by molar-refractivity contribution is 0.273. The lowest BCUT2D eigenvalue weighted by Gasteiger charge is -2.13. The van der Waals surface area contributed by atoms with Crippen molar-refractivity contribution in [1.82, 2.24) is 9.97 Å². The number of nitrogens with one attached hydrogen (secondary N) is 1. The van der Waals surface area contributed by atoms with Crippen molar-refractivity contribution in [3.05, 3.63) is 52.8 Å². The molecule has 1 heterocycles. The number of ether oxygens (including phenoxy) is 2. The molecule has 130 valence electrons. The molecule has 2 aromatic carbocycles. The third kappa shape index (κ3) is 3.82. The van der Waals surface area contributed by atoms with Gasteiger partial charge in [0.15, 0.2) is 11.5 Å². The predicted molar refractivity (Wildman–Crippen MR) is 99.3 cm³/mol. The summed E-state index contributed by atoms with van der Waals surface area (Å²) >= 11 is 0. The Kier molecular flexibility index (Phi) is 5.03. The first-order chi connectivity index (χ1) is 12.1. The van der Waals surface area contributed by atoms with Crippen molar-refractivity contribution in [3.63, 3.8) is 0 Å². The number of hydrogen-bond donors (Lipinski definition) is 1. The quantitative estimate of drug-likeness (QED) is 0.737. The van der Waals surface area contributed by atoms with Crippen LogP contribution in [0, 0.1) is 5.92 Å². The first-order valence-corrected chi connectivity index (χ1v) is 8.38. The monoisotopic (exact) mass is 338 g/mol. The summed E-state index contributed by atoms with van der Waals surface area (Å²) in [6.07, 6.45) is 0.957. The Morgan fingerprint density at radius 2 is 1.92 bits per heavy atom. The summed E-state index contributed by atoms with van der Waals surface area (Å²) in [6.45, 7) is 4.92. The molecule has 0 bridgehead atoms. The van der Waals surface area contributed by atoms with Gasteiger partial charge in [-0.2, -0.15) is 0 Å². The molecule has 25 heavy (non-hydrogen) atoms. The summed E-state index contributed by atoms with van der Waals surface area (Å²) in [5.74, 6) is 2.39. The number of fused-ring (bicyclic) bond motifs is 1. The van der Waals surface area contributed by atoms with E-state index in [1.165, 1.54) is 0 Å². The van der Waals surface area contributed by atoms with Gasteiger partial charge in [0.05, 0.1) is 24.6 Å². The Morgan fingerprint density at radius 3 is 2.68 bits per heavy atom. The van der Waals surface area contributed by atoms with Crippen LogP contribution in [0.3, 0.4) is 0 Å². The fourth-order valence-electron chi connectivity index (χ4n) is 2.56. The number of hydrogen-bond acceptors (Lipinski definition) is 4. The van der Waals surface area contributed by atoms with Crippen LogP contribution in [-0.2, 0) is 0 Å². The van der Waals surface area contributed by atoms with Gasteiger partial charge in [0.2, 0.25) is 0 Å². The van der Waals surface area contributed by atoms with Crippen LogP contribution in [0.1, 0.15) is 20.3 Å². The lowest BCUT2D eigenvalue weighted by atomic mass is 10.1. The number of aromatic nitrogens is 2. The molecule has 5 heteroatoms. The average Bonchev–Trinajstić information content (AvgIpc) is 2.61. The van der Waals surface area contributed by atoms with Crippen LogP contribution < -0.4 is 15.0 Å². The Labute approximate surface area is 146 Å². The van der Waals surface area contributed by atoms with E-state index in [2.05, 4.69) is 23.8 Å². The second kappa shape index (κ2) is 7.38. The van der Waals surface area contributed by atoms with E-state index in [0.29, 0.717) is 40.8 Å². The van der Waals surface area contributed by atoms with Crippen LogP contribution in [0.2, 0.25) is 0 Å². The van der Waals surface area contributed by atoms with Gasteiger partial charge in [-0.1, -0.05) is 26.0 Å². The Morgan fingerprint density at radius 1 is 1.12 bits per heavy atom. The van der Waals surface area contributed by atoms with Crippen LogP contribution in [-0.4, -0.2) is 23.7 Å². The zero-order chi connectivity index (χ0) is 17.8. The van der Waals surface area contributed by atoms with Crippen LogP contribution in [0.25, 0.3) is 22.3 Å². The van der Waals surface area contributed by atoms with Crippen molar-refractivity contribution < 1.29 is 9.47 Å². The number of H-pyrrole nitrogens is 1. The smallest absolute Gasteiger partial charge is 0.259 e. The standard InChI is InChI=1S/C20H22N2O3/c1-13(2)10-11-25-18-12-14(8-9-17(18)24-3)19-21-16-7-5-4-6-15(16)20(23)22-19/h4-9,12-13H,10-11H2,1-3H3,(H,21,22,23). The molecule has 0 unspecified atom stereocenters. The number of aromatic amines is 1. The molecule has 0 aliphatic carbocycles. The Balaban J connectivity index is 1.98. The largest absolute Gasteiger partial charge is 0.493 e. The predicted octanol–water partition coefficient (Wildman–Crippen LogP) is 4.02. The van der Waals surface area contributed by atoms with E-state index in [9.17, 15) is 4.79 Å². The lowest BCUT2D eigenvalue weighted by Crippen LogP contribution is -2.09. The highest BCUT2D eigenvalue weighted by molar-refractivity contribution is 5.79.